The summed E-state index contributed by atoms with van der Waals surface area (Å²) in [6.07, 6.45) is 2.23. The van der Waals surface area contributed by atoms with E-state index in [4.69, 9.17) is 16.0 Å². The van der Waals surface area contributed by atoms with Crippen LogP contribution in [0.1, 0.15) is 11.4 Å². The molecule has 1 amide bonds. The molecule has 2 aromatic heterocycles. The Balaban J connectivity index is 1.26. The Hall–Kier alpha value is -3.33. The SMILES string of the molecule is CN=C(NCCc1nc(-c2ccco2)n[nH]1)N1CCN(Cc2ccc(Cl)cc2)C(=O)C1. The maximum Gasteiger partial charge on any atom is 0.242 e. The molecule has 0 spiro atoms. The first-order valence-electron chi connectivity index (χ1n) is 10.1. The van der Waals surface area contributed by atoms with Gasteiger partial charge in [0.2, 0.25) is 11.7 Å². The number of guanidine groups is 1. The fraction of sp³-hybridized carbons (Fsp3) is 0.333. The summed E-state index contributed by atoms with van der Waals surface area (Å²) < 4.78 is 5.31. The molecule has 9 nitrogen and oxygen atoms in total. The van der Waals surface area contributed by atoms with Gasteiger partial charge in [-0.2, -0.15) is 5.10 Å². The van der Waals surface area contributed by atoms with Gasteiger partial charge in [0.15, 0.2) is 11.7 Å². The number of piperazine rings is 1. The van der Waals surface area contributed by atoms with Crippen LogP contribution in [0.5, 0.6) is 0 Å². The van der Waals surface area contributed by atoms with Crippen molar-refractivity contribution in [3.63, 3.8) is 0 Å². The van der Waals surface area contributed by atoms with Crippen molar-refractivity contribution in [3.8, 4) is 11.6 Å². The predicted molar refractivity (Wildman–Crippen MR) is 118 cm³/mol. The van der Waals surface area contributed by atoms with Gasteiger partial charge in [0, 0.05) is 44.7 Å². The van der Waals surface area contributed by atoms with Crippen molar-refractivity contribution in [2.75, 3.05) is 33.2 Å². The molecule has 1 aliphatic heterocycles. The molecule has 1 aliphatic rings. The van der Waals surface area contributed by atoms with Crippen LogP contribution in [0, 0.1) is 0 Å². The lowest BCUT2D eigenvalue weighted by Gasteiger charge is -2.36. The van der Waals surface area contributed by atoms with E-state index in [0.717, 1.165) is 11.4 Å². The Bertz CT molecular complexity index is 1030. The number of aromatic amines is 1. The first kappa shape index (κ1) is 20.9. The van der Waals surface area contributed by atoms with Crippen LogP contribution in [-0.4, -0.2) is 70.1 Å². The molecule has 0 radical (unpaired) electrons. The van der Waals surface area contributed by atoms with E-state index >= 15 is 0 Å². The van der Waals surface area contributed by atoms with Crippen LogP contribution in [0.2, 0.25) is 5.02 Å². The zero-order valence-corrected chi connectivity index (χ0v) is 18.0. The first-order chi connectivity index (χ1) is 15.1. The van der Waals surface area contributed by atoms with Gasteiger partial charge in [-0.3, -0.25) is 14.9 Å². The highest BCUT2D eigenvalue weighted by Crippen LogP contribution is 2.15. The van der Waals surface area contributed by atoms with Gasteiger partial charge in [-0.1, -0.05) is 23.7 Å². The molecule has 3 aromatic rings. The van der Waals surface area contributed by atoms with Gasteiger partial charge < -0.3 is 19.5 Å². The van der Waals surface area contributed by atoms with Gasteiger partial charge in [0.25, 0.3) is 0 Å². The lowest BCUT2D eigenvalue weighted by molar-refractivity contribution is -0.135. The summed E-state index contributed by atoms with van der Waals surface area (Å²) in [7, 11) is 1.72. The number of carbonyl (C=O) groups is 1. The summed E-state index contributed by atoms with van der Waals surface area (Å²) >= 11 is 5.94. The Morgan fingerprint density at radius 3 is 2.84 bits per heavy atom. The second kappa shape index (κ2) is 9.65. The molecule has 0 saturated carbocycles. The number of aromatic nitrogens is 3. The number of hydrogen-bond donors (Lipinski definition) is 2. The third-order valence-electron chi connectivity index (χ3n) is 5.03. The monoisotopic (exact) mass is 441 g/mol. The van der Waals surface area contributed by atoms with E-state index < -0.39 is 0 Å². The summed E-state index contributed by atoms with van der Waals surface area (Å²) in [5.41, 5.74) is 1.06. The molecular weight excluding hydrogens is 418 g/mol. The zero-order valence-electron chi connectivity index (χ0n) is 17.2. The lowest BCUT2D eigenvalue weighted by atomic mass is 10.2. The molecule has 0 unspecified atom stereocenters. The van der Waals surface area contributed by atoms with Crippen LogP contribution in [0.15, 0.2) is 52.1 Å². The number of rotatable bonds is 6. The largest absolute Gasteiger partial charge is 0.461 e. The maximum absolute atomic E-state index is 12.7. The maximum atomic E-state index is 12.7. The molecular formula is C21H24ClN7O2. The van der Waals surface area contributed by atoms with E-state index in [0.29, 0.717) is 55.2 Å². The fourth-order valence-electron chi connectivity index (χ4n) is 3.41. The van der Waals surface area contributed by atoms with E-state index in [1.165, 1.54) is 0 Å². The van der Waals surface area contributed by atoms with E-state index in [1.54, 1.807) is 19.4 Å². The molecule has 0 bridgehead atoms. The van der Waals surface area contributed by atoms with E-state index in [1.807, 2.05) is 40.1 Å². The van der Waals surface area contributed by atoms with Gasteiger partial charge >= 0.3 is 0 Å². The molecule has 162 valence electrons. The van der Waals surface area contributed by atoms with Gasteiger partial charge in [-0.15, -0.1) is 0 Å². The summed E-state index contributed by atoms with van der Waals surface area (Å²) in [6, 6.07) is 11.2. The minimum Gasteiger partial charge on any atom is -0.461 e. The number of hydrogen-bond acceptors (Lipinski definition) is 5. The molecule has 1 saturated heterocycles. The number of nitrogens with one attached hydrogen (secondary N) is 2. The molecule has 10 heteroatoms. The number of furan rings is 1. The van der Waals surface area contributed by atoms with Crippen molar-refractivity contribution in [1.29, 1.82) is 0 Å². The quantitative estimate of drug-likeness (QED) is 0.449. The van der Waals surface area contributed by atoms with E-state index in [9.17, 15) is 4.79 Å². The van der Waals surface area contributed by atoms with E-state index in [2.05, 4.69) is 25.5 Å². The highest BCUT2D eigenvalue weighted by Gasteiger charge is 2.26. The van der Waals surface area contributed by atoms with Crippen LogP contribution < -0.4 is 5.32 Å². The average Bonchev–Trinajstić information content (AvgIpc) is 3.46. The van der Waals surface area contributed by atoms with Gasteiger partial charge in [-0.05, 0) is 29.8 Å². The van der Waals surface area contributed by atoms with Crippen molar-refractivity contribution >= 4 is 23.5 Å². The average molecular weight is 442 g/mol. The topological polar surface area (TPSA) is 103 Å². The summed E-state index contributed by atoms with van der Waals surface area (Å²) in [6.45, 7) is 2.83. The van der Waals surface area contributed by atoms with Gasteiger partial charge in [0.1, 0.15) is 5.82 Å². The van der Waals surface area contributed by atoms with Crippen LogP contribution in [0.3, 0.4) is 0 Å². The Morgan fingerprint density at radius 1 is 1.29 bits per heavy atom. The standard InChI is InChI=1S/C21H24ClN7O2/c1-23-21(24-9-8-18-25-20(27-26-18)17-3-2-12-31-17)29-11-10-28(19(30)14-29)13-15-4-6-16(22)7-5-15/h2-7,12H,8-11,13-14H2,1H3,(H,23,24)(H,25,26,27). The Labute approximate surface area is 185 Å². The number of benzene rings is 1. The summed E-state index contributed by atoms with van der Waals surface area (Å²) in [5.74, 6) is 2.68. The minimum absolute atomic E-state index is 0.0717. The Morgan fingerprint density at radius 2 is 2.13 bits per heavy atom. The molecule has 1 fully saturated rings. The highest BCUT2D eigenvalue weighted by molar-refractivity contribution is 6.30. The second-order valence-corrected chi connectivity index (χ2v) is 7.61. The Kier molecular flexibility index (Phi) is 6.51. The fourth-order valence-corrected chi connectivity index (χ4v) is 3.54. The lowest BCUT2D eigenvalue weighted by Crippen LogP contribution is -2.55. The summed E-state index contributed by atoms with van der Waals surface area (Å²) in [5, 5.41) is 11.1. The van der Waals surface area contributed by atoms with Crippen LogP contribution in [0.25, 0.3) is 11.6 Å². The number of carbonyl (C=O) groups excluding carboxylic acids is 1. The molecule has 3 heterocycles. The van der Waals surface area contributed by atoms with Gasteiger partial charge in [0.05, 0.1) is 12.8 Å². The van der Waals surface area contributed by atoms with Crippen LogP contribution >= 0.6 is 11.6 Å². The third kappa shape index (κ3) is 5.24. The molecule has 1 aromatic carbocycles. The molecule has 0 aliphatic carbocycles. The first-order valence-corrected chi connectivity index (χ1v) is 10.4. The van der Waals surface area contributed by atoms with Crippen molar-refractivity contribution in [2.45, 2.75) is 13.0 Å². The number of aliphatic imine (C=N–C) groups is 1. The van der Waals surface area contributed by atoms with Crippen LogP contribution in [-0.2, 0) is 17.8 Å². The zero-order chi connectivity index (χ0) is 21.6. The second-order valence-electron chi connectivity index (χ2n) is 7.17. The molecule has 0 atom stereocenters. The molecule has 2 N–H and O–H groups in total. The minimum atomic E-state index is 0.0717. The molecule has 31 heavy (non-hydrogen) atoms. The van der Waals surface area contributed by atoms with Crippen molar-refractivity contribution in [2.24, 2.45) is 4.99 Å². The number of amides is 1. The van der Waals surface area contributed by atoms with Gasteiger partial charge in [-0.25, -0.2) is 4.98 Å². The normalized spacial score (nSPS) is 14.9. The van der Waals surface area contributed by atoms with Crippen molar-refractivity contribution in [1.82, 2.24) is 30.3 Å². The van der Waals surface area contributed by atoms with Crippen molar-refractivity contribution < 1.29 is 9.21 Å². The van der Waals surface area contributed by atoms with Crippen LogP contribution in [0.4, 0.5) is 0 Å². The molecule has 4 rings (SSSR count). The van der Waals surface area contributed by atoms with Crippen molar-refractivity contribution in [3.05, 3.63) is 59.1 Å². The third-order valence-corrected chi connectivity index (χ3v) is 5.29. The predicted octanol–water partition coefficient (Wildman–Crippen LogP) is 2.18. The summed E-state index contributed by atoms with van der Waals surface area (Å²) in [4.78, 5) is 25.2. The number of halogens is 1. The number of nitrogens with zero attached hydrogens (tertiary/aromatic N) is 5. The highest BCUT2D eigenvalue weighted by atomic mass is 35.5. The smallest absolute Gasteiger partial charge is 0.242 e. The van der Waals surface area contributed by atoms with E-state index in [-0.39, 0.29) is 12.5 Å². The number of H-pyrrole nitrogens is 1.